The molecule has 1 aromatic carbocycles. The van der Waals surface area contributed by atoms with Crippen LogP contribution in [0.4, 0.5) is 15.8 Å². The Morgan fingerprint density at radius 1 is 1.28 bits per heavy atom. The number of aldehydes is 1. The summed E-state index contributed by atoms with van der Waals surface area (Å²) < 4.78 is 15.6. The molecule has 0 aliphatic heterocycles. The molecule has 4 rings (SSSR count). The van der Waals surface area contributed by atoms with Gasteiger partial charge in [-0.25, -0.2) is 14.1 Å². The molecule has 3 aromatic heterocycles. The van der Waals surface area contributed by atoms with Crippen LogP contribution in [-0.4, -0.2) is 21.1 Å². The minimum atomic E-state index is -0.442. The van der Waals surface area contributed by atoms with E-state index in [0.717, 1.165) is 17.4 Å². The molecule has 0 saturated heterocycles. The normalized spacial score (nSPS) is 11.0. The Morgan fingerprint density at radius 3 is 2.92 bits per heavy atom. The number of hydrogen-bond donors (Lipinski definition) is 1. The van der Waals surface area contributed by atoms with Crippen LogP contribution in [0.15, 0.2) is 48.1 Å². The number of thiophene rings is 1. The molecule has 3 heterocycles. The van der Waals surface area contributed by atoms with Crippen LogP contribution in [-0.2, 0) is 0 Å². The molecule has 0 unspecified atom stereocenters. The van der Waals surface area contributed by atoms with Crippen molar-refractivity contribution < 1.29 is 9.18 Å². The molecule has 0 aliphatic carbocycles. The van der Waals surface area contributed by atoms with E-state index >= 15 is 0 Å². The summed E-state index contributed by atoms with van der Waals surface area (Å²) in [5.74, 6) is -0.442. The second-order valence-corrected chi connectivity index (χ2v) is 6.59. The predicted molar refractivity (Wildman–Crippen MR) is 96.8 cm³/mol. The quantitative estimate of drug-likeness (QED) is 0.521. The Labute approximate surface area is 150 Å². The lowest BCUT2D eigenvalue weighted by atomic mass is 10.2. The summed E-state index contributed by atoms with van der Waals surface area (Å²) in [4.78, 5) is 15.9. The first-order valence-corrected chi connectivity index (χ1v) is 8.50. The number of halogens is 2. The first kappa shape index (κ1) is 15.7. The zero-order valence-corrected chi connectivity index (χ0v) is 14.2. The second kappa shape index (κ2) is 6.27. The van der Waals surface area contributed by atoms with Gasteiger partial charge < -0.3 is 5.32 Å². The van der Waals surface area contributed by atoms with Crippen LogP contribution in [0.2, 0.25) is 5.02 Å². The van der Waals surface area contributed by atoms with Crippen molar-refractivity contribution >= 4 is 51.6 Å². The van der Waals surface area contributed by atoms with Crippen molar-refractivity contribution in [2.45, 2.75) is 0 Å². The van der Waals surface area contributed by atoms with Crippen LogP contribution in [0, 0.1) is 5.82 Å². The van der Waals surface area contributed by atoms with Crippen LogP contribution in [0.1, 0.15) is 9.67 Å². The number of anilines is 2. The first-order valence-electron chi connectivity index (χ1n) is 7.24. The summed E-state index contributed by atoms with van der Waals surface area (Å²) in [6.07, 6.45) is 4.04. The Kier molecular flexibility index (Phi) is 3.95. The van der Waals surface area contributed by atoms with Crippen molar-refractivity contribution in [1.82, 2.24) is 14.8 Å². The number of para-hydroxylation sites is 1. The molecule has 0 radical (unpaired) electrons. The van der Waals surface area contributed by atoms with Gasteiger partial charge in [-0.1, -0.05) is 17.7 Å². The number of pyridine rings is 1. The highest BCUT2D eigenvalue weighted by Gasteiger charge is 2.11. The summed E-state index contributed by atoms with van der Waals surface area (Å²) in [5, 5.41) is 10.2. The number of carbonyl (C=O) groups excluding carboxylic acids is 1. The predicted octanol–water partition coefficient (Wildman–Crippen LogP) is 4.83. The van der Waals surface area contributed by atoms with Crippen LogP contribution in [0.3, 0.4) is 0 Å². The van der Waals surface area contributed by atoms with Crippen molar-refractivity contribution in [3.8, 4) is 5.69 Å². The summed E-state index contributed by atoms with van der Waals surface area (Å²) in [6, 6.07) is 8.04. The third-order valence-electron chi connectivity index (χ3n) is 3.61. The van der Waals surface area contributed by atoms with Gasteiger partial charge in [0, 0.05) is 10.8 Å². The molecule has 0 fully saturated rings. The van der Waals surface area contributed by atoms with Gasteiger partial charge in [-0.15, -0.1) is 11.3 Å². The van der Waals surface area contributed by atoms with Gasteiger partial charge in [0.25, 0.3) is 0 Å². The monoisotopic (exact) mass is 372 g/mol. The molecule has 0 spiro atoms. The van der Waals surface area contributed by atoms with Crippen LogP contribution < -0.4 is 5.32 Å². The van der Waals surface area contributed by atoms with Crippen molar-refractivity contribution in [3.63, 3.8) is 0 Å². The standard InChI is InChI=1S/C17H10ClFN4OS/c18-14-2-1-3-15(19)16(14)22-11-4-10-6-21-23(17(10)20-7-11)12-5-13(8-24)25-9-12/h1-9,22H. The number of nitrogens with one attached hydrogen (secondary N) is 1. The van der Waals surface area contributed by atoms with Crippen molar-refractivity contribution in [1.29, 1.82) is 0 Å². The zero-order chi connectivity index (χ0) is 17.4. The average molecular weight is 373 g/mol. The number of aromatic nitrogens is 3. The van der Waals surface area contributed by atoms with Gasteiger partial charge in [-0.2, -0.15) is 5.10 Å². The molecule has 8 heteroatoms. The SMILES string of the molecule is O=Cc1cc(-n2ncc3cc(Nc4c(F)cccc4Cl)cnc32)cs1. The van der Waals surface area contributed by atoms with Crippen molar-refractivity contribution in [2.24, 2.45) is 0 Å². The smallest absolute Gasteiger partial charge is 0.163 e. The molecule has 0 amide bonds. The molecule has 5 nitrogen and oxygen atoms in total. The van der Waals surface area contributed by atoms with E-state index in [9.17, 15) is 9.18 Å². The van der Waals surface area contributed by atoms with E-state index in [0.29, 0.717) is 16.2 Å². The summed E-state index contributed by atoms with van der Waals surface area (Å²) in [7, 11) is 0. The minimum Gasteiger partial charge on any atom is -0.351 e. The third-order valence-corrected chi connectivity index (χ3v) is 4.77. The van der Waals surface area contributed by atoms with Crippen LogP contribution in [0.25, 0.3) is 16.7 Å². The molecular formula is C17H10ClFN4OS. The Balaban J connectivity index is 1.71. The number of fused-ring (bicyclic) bond motifs is 1. The second-order valence-electron chi connectivity index (χ2n) is 5.24. The first-order chi connectivity index (χ1) is 12.2. The highest BCUT2D eigenvalue weighted by molar-refractivity contribution is 7.12. The molecule has 0 bridgehead atoms. The number of hydrogen-bond acceptors (Lipinski definition) is 5. The molecule has 4 aromatic rings. The zero-order valence-electron chi connectivity index (χ0n) is 12.6. The summed E-state index contributed by atoms with van der Waals surface area (Å²) >= 11 is 7.37. The van der Waals surface area contributed by atoms with Gasteiger partial charge in [0.05, 0.1) is 39.4 Å². The van der Waals surface area contributed by atoms with Gasteiger partial charge in [-0.05, 0) is 24.3 Å². The van der Waals surface area contributed by atoms with Crippen molar-refractivity contribution in [3.05, 3.63) is 63.8 Å². The van der Waals surface area contributed by atoms with Gasteiger partial charge in [0.1, 0.15) is 5.82 Å². The van der Waals surface area contributed by atoms with Gasteiger partial charge in [-0.3, -0.25) is 4.79 Å². The van der Waals surface area contributed by atoms with Gasteiger partial charge >= 0.3 is 0 Å². The molecule has 124 valence electrons. The summed E-state index contributed by atoms with van der Waals surface area (Å²) in [6.45, 7) is 0. The molecule has 0 atom stereocenters. The van der Waals surface area contributed by atoms with E-state index in [1.165, 1.54) is 17.4 Å². The molecule has 0 saturated carbocycles. The average Bonchev–Trinajstić information content (AvgIpc) is 3.24. The van der Waals surface area contributed by atoms with E-state index in [-0.39, 0.29) is 10.7 Å². The van der Waals surface area contributed by atoms with Gasteiger partial charge in [0.15, 0.2) is 11.9 Å². The number of benzene rings is 1. The Hall–Kier alpha value is -2.77. The maximum absolute atomic E-state index is 13.9. The lowest BCUT2D eigenvalue weighted by Crippen LogP contribution is -1.98. The molecule has 1 N–H and O–H groups in total. The number of carbonyl (C=O) groups is 1. The fraction of sp³-hybridized carbons (Fsp3) is 0. The highest BCUT2D eigenvalue weighted by atomic mass is 35.5. The fourth-order valence-electron chi connectivity index (χ4n) is 2.46. The van der Waals surface area contributed by atoms with Crippen LogP contribution >= 0.6 is 22.9 Å². The Bertz CT molecular complexity index is 1070. The maximum atomic E-state index is 13.9. The highest BCUT2D eigenvalue weighted by Crippen LogP contribution is 2.29. The maximum Gasteiger partial charge on any atom is 0.163 e. The lowest BCUT2D eigenvalue weighted by Gasteiger charge is -2.09. The Morgan fingerprint density at radius 2 is 2.16 bits per heavy atom. The third kappa shape index (κ3) is 2.88. The number of nitrogens with zero attached hydrogens (tertiary/aromatic N) is 3. The van der Waals surface area contributed by atoms with Gasteiger partial charge in [0.2, 0.25) is 0 Å². The van der Waals surface area contributed by atoms with E-state index < -0.39 is 5.82 Å². The molecular weight excluding hydrogens is 363 g/mol. The van der Waals surface area contributed by atoms with E-state index in [1.54, 1.807) is 35.3 Å². The van der Waals surface area contributed by atoms with E-state index in [1.807, 2.05) is 11.4 Å². The number of rotatable bonds is 4. The topological polar surface area (TPSA) is 59.8 Å². The lowest BCUT2D eigenvalue weighted by molar-refractivity contribution is 0.112. The fourth-order valence-corrected chi connectivity index (χ4v) is 3.33. The van der Waals surface area contributed by atoms with E-state index in [2.05, 4.69) is 15.4 Å². The largest absolute Gasteiger partial charge is 0.351 e. The molecule has 25 heavy (non-hydrogen) atoms. The van der Waals surface area contributed by atoms with Crippen LogP contribution in [0.5, 0.6) is 0 Å². The minimum absolute atomic E-state index is 0.200. The summed E-state index contributed by atoms with van der Waals surface area (Å²) in [5.41, 5.74) is 2.21. The van der Waals surface area contributed by atoms with Crippen molar-refractivity contribution in [2.75, 3.05) is 5.32 Å². The van der Waals surface area contributed by atoms with E-state index in [4.69, 9.17) is 11.6 Å². The molecule has 0 aliphatic rings.